The van der Waals surface area contributed by atoms with Gasteiger partial charge in [0, 0.05) is 42.6 Å². The number of halogens is 2. The second kappa shape index (κ2) is 9.22. The Morgan fingerprint density at radius 1 is 1.13 bits per heavy atom. The molecule has 0 aliphatic carbocycles. The zero-order chi connectivity index (χ0) is 20.9. The summed E-state index contributed by atoms with van der Waals surface area (Å²) in [7, 11) is 0. The molecule has 30 heavy (non-hydrogen) atoms. The van der Waals surface area contributed by atoms with Crippen molar-refractivity contribution in [2.45, 2.75) is 19.4 Å². The van der Waals surface area contributed by atoms with E-state index in [-0.39, 0.29) is 17.6 Å². The van der Waals surface area contributed by atoms with Crippen molar-refractivity contribution in [3.8, 4) is 11.1 Å². The van der Waals surface area contributed by atoms with E-state index in [0.29, 0.717) is 24.1 Å². The second-order valence-electron chi connectivity index (χ2n) is 7.41. The van der Waals surface area contributed by atoms with Gasteiger partial charge >= 0.3 is 0 Å². The minimum absolute atomic E-state index is 0.0334. The van der Waals surface area contributed by atoms with E-state index < -0.39 is 0 Å². The van der Waals surface area contributed by atoms with Gasteiger partial charge in [-0.05, 0) is 48.2 Å². The Kier molecular flexibility index (Phi) is 6.23. The van der Waals surface area contributed by atoms with Gasteiger partial charge in [-0.2, -0.15) is 0 Å². The highest BCUT2D eigenvalue weighted by Crippen LogP contribution is 2.23. The summed E-state index contributed by atoms with van der Waals surface area (Å²) in [6, 6.07) is 13.8. The molecule has 5 nitrogen and oxygen atoms in total. The molecule has 0 radical (unpaired) electrons. The van der Waals surface area contributed by atoms with Crippen LogP contribution in [0.25, 0.3) is 11.1 Å². The first-order valence-electron chi connectivity index (χ1n) is 9.93. The van der Waals surface area contributed by atoms with E-state index >= 15 is 0 Å². The number of hydrogen-bond donors (Lipinski definition) is 1. The molecule has 1 amide bonds. The lowest BCUT2D eigenvalue weighted by Gasteiger charge is -2.32. The van der Waals surface area contributed by atoms with Crippen molar-refractivity contribution in [3.05, 3.63) is 77.3 Å². The third-order valence-corrected chi connectivity index (χ3v) is 5.50. The molecule has 0 bridgehead atoms. The average molecular weight is 425 g/mol. The van der Waals surface area contributed by atoms with Gasteiger partial charge in [0.2, 0.25) is 11.9 Å². The van der Waals surface area contributed by atoms with Crippen molar-refractivity contribution < 1.29 is 9.18 Å². The molecule has 1 saturated heterocycles. The van der Waals surface area contributed by atoms with E-state index in [1.54, 1.807) is 18.5 Å². The van der Waals surface area contributed by atoms with Crippen LogP contribution < -0.4 is 10.2 Å². The van der Waals surface area contributed by atoms with Crippen LogP contribution in [0, 0.1) is 11.7 Å². The number of carbonyl (C=O) groups excluding carboxylic acids is 1. The standard InChI is InChI=1S/C23H22ClFN4O/c24-20-8-6-16(7-9-20)12-26-22(30)18-4-2-10-29(15-18)23-27-13-19(14-28-23)17-3-1-5-21(25)11-17/h1,3,5-9,11,13-14,18H,2,4,10,12,15H2,(H,26,30). The maximum Gasteiger partial charge on any atom is 0.225 e. The molecule has 1 aromatic heterocycles. The lowest BCUT2D eigenvalue weighted by molar-refractivity contribution is -0.125. The Balaban J connectivity index is 1.37. The number of amides is 1. The zero-order valence-electron chi connectivity index (χ0n) is 16.4. The van der Waals surface area contributed by atoms with Crippen LogP contribution in [-0.2, 0) is 11.3 Å². The van der Waals surface area contributed by atoms with E-state index in [0.717, 1.165) is 36.1 Å². The summed E-state index contributed by atoms with van der Waals surface area (Å²) in [5, 5.41) is 3.69. The third kappa shape index (κ3) is 4.94. The van der Waals surface area contributed by atoms with E-state index in [1.165, 1.54) is 12.1 Å². The maximum atomic E-state index is 13.4. The number of anilines is 1. The van der Waals surface area contributed by atoms with Crippen LogP contribution in [0.2, 0.25) is 5.02 Å². The highest BCUT2D eigenvalue weighted by Gasteiger charge is 2.27. The number of benzene rings is 2. The van der Waals surface area contributed by atoms with Crippen molar-refractivity contribution in [1.29, 1.82) is 0 Å². The Hall–Kier alpha value is -2.99. The Bertz CT molecular complexity index is 1010. The molecule has 2 heterocycles. The molecule has 1 aliphatic heterocycles. The number of piperidine rings is 1. The van der Waals surface area contributed by atoms with Gasteiger partial charge in [0.1, 0.15) is 5.82 Å². The minimum atomic E-state index is -0.292. The number of hydrogen-bond acceptors (Lipinski definition) is 4. The van der Waals surface area contributed by atoms with Crippen LogP contribution in [0.4, 0.5) is 10.3 Å². The summed E-state index contributed by atoms with van der Waals surface area (Å²) in [5.41, 5.74) is 2.50. The van der Waals surface area contributed by atoms with Gasteiger partial charge in [-0.1, -0.05) is 35.9 Å². The number of aromatic nitrogens is 2. The molecule has 0 spiro atoms. The Labute approximate surface area is 179 Å². The summed E-state index contributed by atoms with van der Waals surface area (Å²) in [5.74, 6) is 0.217. The van der Waals surface area contributed by atoms with Gasteiger partial charge < -0.3 is 10.2 Å². The lowest BCUT2D eigenvalue weighted by Crippen LogP contribution is -2.43. The highest BCUT2D eigenvalue weighted by atomic mass is 35.5. The van der Waals surface area contributed by atoms with Gasteiger partial charge in [0.15, 0.2) is 0 Å². The van der Waals surface area contributed by atoms with Crippen LogP contribution in [0.3, 0.4) is 0 Å². The van der Waals surface area contributed by atoms with E-state index in [2.05, 4.69) is 15.3 Å². The predicted octanol–water partition coefficient (Wildman–Crippen LogP) is 4.47. The summed E-state index contributed by atoms with van der Waals surface area (Å²) in [6.45, 7) is 1.86. The summed E-state index contributed by atoms with van der Waals surface area (Å²) in [6.07, 6.45) is 5.13. The molecule has 2 aromatic carbocycles. The van der Waals surface area contributed by atoms with Crippen molar-refractivity contribution in [1.82, 2.24) is 15.3 Å². The summed E-state index contributed by atoms with van der Waals surface area (Å²) >= 11 is 5.90. The normalized spacial score (nSPS) is 16.3. The molecule has 154 valence electrons. The Morgan fingerprint density at radius 3 is 2.63 bits per heavy atom. The van der Waals surface area contributed by atoms with Crippen LogP contribution in [0.5, 0.6) is 0 Å². The largest absolute Gasteiger partial charge is 0.352 e. The number of nitrogens with one attached hydrogen (secondary N) is 1. The Morgan fingerprint density at radius 2 is 1.90 bits per heavy atom. The van der Waals surface area contributed by atoms with Gasteiger partial charge in [0.25, 0.3) is 0 Å². The molecule has 1 N–H and O–H groups in total. The summed E-state index contributed by atoms with van der Waals surface area (Å²) in [4.78, 5) is 23.6. The van der Waals surface area contributed by atoms with Gasteiger partial charge in [-0.15, -0.1) is 0 Å². The molecule has 1 aliphatic rings. The number of rotatable bonds is 5. The molecule has 0 saturated carbocycles. The lowest BCUT2D eigenvalue weighted by atomic mass is 9.97. The molecular weight excluding hydrogens is 403 g/mol. The van der Waals surface area contributed by atoms with E-state index in [1.807, 2.05) is 35.2 Å². The van der Waals surface area contributed by atoms with Crippen molar-refractivity contribution >= 4 is 23.5 Å². The third-order valence-electron chi connectivity index (χ3n) is 5.25. The van der Waals surface area contributed by atoms with Gasteiger partial charge in [0.05, 0.1) is 5.92 Å². The fraction of sp³-hybridized carbons (Fsp3) is 0.261. The molecule has 1 fully saturated rings. The SMILES string of the molecule is O=C(NCc1ccc(Cl)cc1)C1CCCN(c2ncc(-c3cccc(F)c3)cn2)C1. The molecule has 1 unspecified atom stereocenters. The molecule has 7 heteroatoms. The molecule has 4 rings (SSSR count). The highest BCUT2D eigenvalue weighted by molar-refractivity contribution is 6.30. The number of carbonyl (C=O) groups is 1. The van der Waals surface area contributed by atoms with Gasteiger partial charge in [-0.25, -0.2) is 14.4 Å². The first-order valence-corrected chi connectivity index (χ1v) is 10.3. The zero-order valence-corrected chi connectivity index (χ0v) is 17.1. The van der Waals surface area contributed by atoms with Crippen LogP contribution >= 0.6 is 11.6 Å². The maximum absolute atomic E-state index is 13.4. The van der Waals surface area contributed by atoms with E-state index in [9.17, 15) is 9.18 Å². The fourth-order valence-corrected chi connectivity index (χ4v) is 3.74. The predicted molar refractivity (Wildman–Crippen MR) is 116 cm³/mol. The van der Waals surface area contributed by atoms with Crippen LogP contribution in [0.1, 0.15) is 18.4 Å². The first-order chi connectivity index (χ1) is 14.6. The van der Waals surface area contributed by atoms with Crippen molar-refractivity contribution in [2.75, 3.05) is 18.0 Å². The quantitative estimate of drug-likeness (QED) is 0.656. The van der Waals surface area contributed by atoms with Crippen molar-refractivity contribution in [2.24, 2.45) is 5.92 Å². The average Bonchev–Trinajstić information content (AvgIpc) is 2.79. The second-order valence-corrected chi connectivity index (χ2v) is 7.85. The summed E-state index contributed by atoms with van der Waals surface area (Å²) < 4.78 is 13.4. The molecule has 3 aromatic rings. The first kappa shape index (κ1) is 20.3. The number of nitrogens with zero attached hydrogens (tertiary/aromatic N) is 3. The molecule has 1 atom stereocenters. The van der Waals surface area contributed by atoms with Gasteiger partial charge in [-0.3, -0.25) is 4.79 Å². The van der Waals surface area contributed by atoms with Crippen LogP contribution in [-0.4, -0.2) is 29.0 Å². The fourth-order valence-electron chi connectivity index (χ4n) is 3.61. The topological polar surface area (TPSA) is 58.1 Å². The monoisotopic (exact) mass is 424 g/mol. The van der Waals surface area contributed by atoms with Crippen LogP contribution in [0.15, 0.2) is 60.9 Å². The smallest absolute Gasteiger partial charge is 0.225 e. The molecular formula is C23H22ClFN4O. The minimum Gasteiger partial charge on any atom is -0.352 e. The van der Waals surface area contributed by atoms with Crippen molar-refractivity contribution in [3.63, 3.8) is 0 Å². The van der Waals surface area contributed by atoms with E-state index in [4.69, 9.17) is 11.6 Å².